The van der Waals surface area contributed by atoms with E-state index in [-0.39, 0.29) is 19.6 Å². The minimum absolute atomic E-state index is 0.0345. The van der Waals surface area contributed by atoms with Crippen molar-refractivity contribution in [2.75, 3.05) is 37.7 Å². The van der Waals surface area contributed by atoms with E-state index >= 15 is 0 Å². The van der Waals surface area contributed by atoms with Gasteiger partial charge in [0.25, 0.3) is 0 Å². The molecule has 0 N–H and O–H groups in total. The summed E-state index contributed by atoms with van der Waals surface area (Å²) in [6, 6.07) is 11.8. The van der Waals surface area contributed by atoms with E-state index in [0.29, 0.717) is 30.0 Å². The predicted molar refractivity (Wildman–Crippen MR) is 102 cm³/mol. The molecular formula is C19H21FN2O5S. The molecule has 0 radical (unpaired) electrons. The number of ether oxygens (including phenoxy) is 2. The fraction of sp³-hybridized carbons (Fsp3) is 0.316. The van der Waals surface area contributed by atoms with E-state index in [2.05, 4.69) is 4.74 Å². The van der Waals surface area contributed by atoms with Crippen LogP contribution in [-0.4, -0.2) is 52.1 Å². The number of halogens is 1. The second-order valence-electron chi connectivity index (χ2n) is 6.19. The van der Waals surface area contributed by atoms with Crippen molar-refractivity contribution >= 4 is 21.9 Å². The molecule has 0 atom stereocenters. The number of anilines is 1. The van der Waals surface area contributed by atoms with Crippen LogP contribution in [0.4, 0.5) is 10.1 Å². The maximum atomic E-state index is 13.3. The Hall–Kier alpha value is -2.49. The Kier molecular flexibility index (Phi) is 6.28. The van der Waals surface area contributed by atoms with Gasteiger partial charge in [0, 0.05) is 13.1 Å². The molecule has 7 nitrogen and oxygen atoms in total. The Bertz CT molecular complexity index is 910. The molecule has 0 unspecified atom stereocenters. The molecule has 0 saturated carbocycles. The number of hydrogen-bond donors (Lipinski definition) is 0. The van der Waals surface area contributed by atoms with Crippen LogP contribution in [0.3, 0.4) is 0 Å². The lowest BCUT2D eigenvalue weighted by atomic mass is 10.1. The zero-order valence-corrected chi connectivity index (χ0v) is 16.2. The fourth-order valence-electron chi connectivity index (χ4n) is 2.86. The third kappa shape index (κ3) is 4.49. The summed E-state index contributed by atoms with van der Waals surface area (Å²) in [5, 5.41) is 0. The molecule has 1 fully saturated rings. The largest absolute Gasteiger partial charge is 0.465 e. The maximum Gasteiger partial charge on any atom is 0.337 e. The number of rotatable bonds is 6. The number of hydrogen-bond acceptors (Lipinski definition) is 5. The Balaban J connectivity index is 1.92. The summed E-state index contributed by atoms with van der Waals surface area (Å²) in [5.74, 6) is -0.919. The van der Waals surface area contributed by atoms with E-state index in [0.717, 1.165) is 0 Å². The molecular weight excluding hydrogens is 387 g/mol. The highest BCUT2D eigenvalue weighted by molar-refractivity contribution is 7.90. The van der Waals surface area contributed by atoms with E-state index in [4.69, 9.17) is 4.74 Å². The monoisotopic (exact) mass is 408 g/mol. The van der Waals surface area contributed by atoms with Crippen LogP contribution >= 0.6 is 0 Å². The second kappa shape index (κ2) is 8.68. The third-order valence-electron chi connectivity index (χ3n) is 4.39. The number of nitrogens with zero attached hydrogens (tertiary/aromatic N) is 2. The number of carbonyl (C=O) groups is 1. The standard InChI is InChI=1S/C19H21FN2O5S/c1-26-19(23)16-4-2-15(3-5-16)14-22(18-8-6-17(20)7-9-18)28(24,25)21-10-12-27-13-11-21/h2-9H,10-14H2,1H3. The smallest absolute Gasteiger partial charge is 0.337 e. The highest BCUT2D eigenvalue weighted by Crippen LogP contribution is 2.24. The van der Waals surface area contributed by atoms with Crippen molar-refractivity contribution in [2.45, 2.75) is 6.54 Å². The molecule has 9 heteroatoms. The van der Waals surface area contributed by atoms with Gasteiger partial charge in [-0.2, -0.15) is 12.7 Å². The Morgan fingerprint density at radius 1 is 1.11 bits per heavy atom. The Morgan fingerprint density at radius 2 is 1.71 bits per heavy atom. The SMILES string of the molecule is COC(=O)c1ccc(CN(c2ccc(F)cc2)S(=O)(=O)N2CCOCC2)cc1. The molecule has 0 spiro atoms. The molecule has 1 saturated heterocycles. The summed E-state index contributed by atoms with van der Waals surface area (Å²) in [7, 11) is -2.55. The normalized spacial score (nSPS) is 15.2. The van der Waals surface area contributed by atoms with Crippen molar-refractivity contribution in [1.29, 1.82) is 0 Å². The van der Waals surface area contributed by atoms with E-state index < -0.39 is 22.0 Å². The first kappa shape index (κ1) is 20.2. The molecule has 2 aromatic carbocycles. The van der Waals surface area contributed by atoms with Gasteiger partial charge in [0.2, 0.25) is 0 Å². The number of benzene rings is 2. The van der Waals surface area contributed by atoms with Gasteiger partial charge in [-0.3, -0.25) is 4.31 Å². The average molecular weight is 408 g/mol. The van der Waals surface area contributed by atoms with Crippen molar-refractivity contribution in [3.05, 3.63) is 65.5 Å². The van der Waals surface area contributed by atoms with Crippen LogP contribution in [-0.2, 0) is 26.2 Å². The summed E-state index contributed by atoms with van der Waals surface area (Å²) >= 11 is 0. The molecule has 1 aliphatic rings. The molecule has 3 rings (SSSR count). The molecule has 2 aromatic rings. The van der Waals surface area contributed by atoms with Gasteiger partial charge in [-0.15, -0.1) is 0 Å². The van der Waals surface area contributed by atoms with E-state index in [1.165, 1.54) is 40.0 Å². The van der Waals surface area contributed by atoms with Gasteiger partial charge in [-0.25, -0.2) is 9.18 Å². The third-order valence-corrected chi connectivity index (χ3v) is 6.31. The summed E-state index contributed by atoms with van der Waals surface area (Å²) in [6.45, 7) is 1.18. The van der Waals surface area contributed by atoms with Crippen LogP contribution in [0, 0.1) is 5.82 Å². The molecule has 0 amide bonds. The number of morpholine rings is 1. The van der Waals surface area contributed by atoms with E-state index in [1.54, 1.807) is 24.3 Å². The van der Waals surface area contributed by atoms with Gasteiger partial charge in [-0.05, 0) is 42.0 Å². The van der Waals surface area contributed by atoms with Crippen LogP contribution in [0.25, 0.3) is 0 Å². The van der Waals surface area contributed by atoms with Crippen molar-refractivity contribution in [3.63, 3.8) is 0 Å². The Morgan fingerprint density at radius 3 is 2.29 bits per heavy atom. The molecule has 0 bridgehead atoms. The summed E-state index contributed by atoms with van der Waals surface area (Å²) in [4.78, 5) is 11.6. The molecule has 0 aliphatic carbocycles. The lowest BCUT2D eigenvalue weighted by Crippen LogP contribution is -2.48. The Labute approximate surface area is 163 Å². The van der Waals surface area contributed by atoms with Crippen molar-refractivity contribution in [3.8, 4) is 0 Å². The quantitative estimate of drug-likeness (QED) is 0.685. The summed E-state index contributed by atoms with van der Waals surface area (Å²) < 4.78 is 52.3. The molecule has 1 aliphatic heterocycles. The van der Waals surface area contributed by atoms with Crippen LogP contribution < -0.4 is 4.31 Å². The fourth-order valence-corrected chi connectivity index (χ4v) is 4.45. The number of esters is 1. The van der Waals surface area contributed by atoms with Crippen LogP contribution in [0.2, 0.25) is 0 Å². The van der Waals surface area contributed by atoms with Crippen molar-refractivity contribution < 1.29 is 27.1 Å². The second-order valence-corrected chi connectivity index (χ2v) is 8.04. The van der Waals surface area contributed by atoms with Crippen LogP contribution in [0.1, 0.15) is 15.9 Å². The van der Waals surface area contributed by atoms with Gasteiger partial charge in [0.05, 0.1) is 38.1 Å². The zero-order chi connectivity index (χ0) is 20.1. The maximum absolute atomic E-state index is 13.3. The van der Waals surface area contributed by atoms with Crippen LogP contribution in [0.5, 0.6) is 0 Å². The van der Waals surface area contributed by atoms with Crippen LogP contribution in [0.15, 0.2) is 48.5 Å². The lowest BCUT2D eigenvalue weighted by molar-refractivity contribution is 0.0600. The molecule has 0 aromatic heterocycles. The molecule has 1 heterocycles. The average Bonchev–Trinajstić information content (AvgIpc) is 2.73. The van der Waals surface area contributed by atoms with Gasteiger partial charge in [0.15, 0.2) is 0 Å². The lowest BCUT2D eigenvalue weighted by Gasteiger charge is -2.33. The van der Waals surface area contributed by atoms with E-state index in [1.807, 2.05) is 0 Å². The number of carbonyl (C=O) groups excluding carboxylic acids is 1. The minimum atomic E-state index is -3.85. The van der Waals surface area contributed by atoms with Crippen molar-refractivity contribution in [2.24, 2.45) is 0 Å². The highest BCUT2D eigenvalue weighted by atomic mass is 32.2. The van der Waals surface area contributed by atoms with Gasteiger partial charge >= 0.3 is 16.2 Å². The molecule has 28 heavy (non-hydrogen) atoms. The van der Waals surface area contributed by atoms with Gasteiger partial charge < -0.3 is 9.47 Å². The zero-order valence-electron chi connectivity index (χ0n) is 15.4. The summed E-state index contributed by atoms with van der Waals surface area (Å²) in [6.07, 6.45) is 0. The predicted octanol–water partition coefficient (Wildman–Crippen LogP) is 2.20. The first-order chi connectivity index (χ1) is 13.4. The van der Waals surface area contributed by atoms with Gasteiger partial charge in [0.1, 0.15) is 5.82 Å². The van der Waals surface area contributed by atoms with Gasteiger partial charge in [-0.1, -0.05) is 12.1 Å². The minimum Gasteiger partial charge on any atom is -0.465 e. The topological polar surface area (TPSA) is 76.2 Å². The van der Waals surface area contributed by atoms with Crippen molar-refractivity contribution in [1.82, 2.24) is 4.31 Å². The summed E-state index contributed by atoms with van der Waals surface area (Å²) in [5.41, 5.74) is 1.40. The highest BCUT2D eigenvalue weighted by Gasteiger charge is 2.31. The number of methoxy groups -OCH3 is 1. The van der Waals surface area contributed by atoms with E-state index in [9.17, 15) is 17.6 Å². The first-order valence-electron chi connectivity index (χ1n) is 8.70. The molecule has 150 valence electrons. The first-order valence-corrected chi connectivity index (χ1v) is 10.1.